The molecule has 0 aliphatic carbocycles. The molecule has 0 saturated heterocycles. The summed E-state index contributed by atoms with van der Waals surface area (Å²) < 4.78 is 0. The van der Waals surface area contributed by atoms with Crippen LogP contribution in [0.25, 0.3) is 43.4 Å². The minimum Gasteiger partial charge on any atom is -0.311 e. The normalized spacial score (nSPS) is 11.4. The molecule has 7 aromatic carbocycles. The molecular formula is C34H23N. The summed E-state index contributed by atoms with van der Waals surface area (Å²) in [4.78, 5) is 2.30. The topological polar surface area (TPSA) is 3.24 Å². The first-order valence-corrected chi connectivity index (χ1v) is 12.0. The zero-order valence-electron chi connectivity index (χ0n) is 19.2. The smallest absolute Gasteiger partial charge is 0.0462 e. The molecule has 0 fully saturated rings. The molecule has 0 radical (unpaired) electrons. The third-order valence-corrected chi connectivity index (χ3v) is 6.99. The molecular weight excluding hydrogens is 422 g/mol. The van der Waals surface area contributed by atoms with Crippen molar-refractivity contribution in [1.82, 2.24) is 0 Å². The van der Waals surface area contributed by atoms with Crippen LogP contribution in [0, 0.1) is 0 Å². The third-order valence-electron chi connectivity index (χ3n) is 6.99. The molecule has 0 N–H and O–H groups in total. The van der Waals surface area contributed by atoms with Crippen molar-refractivity contribution in [2.75, 3.05) is 4.90 Å². The number of benzene rings is 7. The van der Waals surface area contributed by atoms with Gasteiger partial charge in [-0.05, 0) is 79.8 Å². The summed E-state index contributed by atoms with van der Waals surface area (Å²) in [5, 5.41) is 7.92. The Balaban J connectivity index is 1.38. The van der Waals surface area contributed by atoms with Gasteiger partial charge in [0.2, 0.25) is 0 Å². The maximum absolute atomic E-state index is 2.30. The molecule has 7 rings (SSSR count). The SMILES string of the molecule is c1ccc(N(c2ccccc2)c2ccc(-c3ccc4ccc5cccc6ccc3c4c56)cc2)cc1. The highest BCUT2D eigenvalue weighted by Crippen LogP contribution is 2.40. The van der Waals surface area contributed by atoms with E-state index >= 15 is 0 Å². The van der Waals surface area contributed by atoms with Gasteiger partial charge >= 0.3 is 0 Å². The van der Waals surface area contributed by atoms with Gasteiger partial charge in [-0.25, -0.2) is 0 Å². The van der Waals surface area contributed by atoms with Crippen LogP contribution in [0.2, 0.25) is 0 Å². The van der Waals surface area contributed by atoms with Crippen LogP contribution in [0.3, 0.4) is 0 Å². The summed E-state index contributed by atoms with van der Waals surface area (Å²) in [5.41, 5.74) is 5.94. The highest BCUT2D eigenvalue weighted by molar-refractivity contribution is 6.25. The lowest BCUT2D eigenvalue weighted by Gasteiger charge is -2.25. The maximum Gasteiger partial charge on any atom is 0.0462 e. The number of hydrogen-bond donors (Lipinski definition) is 0. The Bertz CT molecular complexity index is 1710. The van der Waals surface area contributed by atoms with Gasteiger partial charge in [0.05, 0.1) is 0 Å². The molecule has 0 amide bonds. The first-order valence-electron chi connectivity index (χ1n) is 12.0. The standard InChI is InChI=1S/C34H23N/c1-3-10-28(11-4-1)35(29-12-5-2-6-13-29)30-20-16-24(17-21-30)31-22-18-27-15-14-25-8-7-9-26-19-23-32(31)34(27)33(25)26/h1-23H. The van der Waals surface area contributed by atoms with E-state index in [1.54, 1.807) is 0 Å². The minimum absolute atomic E-state index is 1.14. The van der Waals surface area contributed by atoms with Crippen molar-refractivity contribution in [2.24, 2.45) is 0 Å². The number of nitrogens with zero attached hydrogens (tertiary/aromatic N) is 1. The van der Waals surface area contributed by atoms with Crippen molar-refractivity contribution in [1.29, 1.82) is 0 Å². The van der Waals surface area contributed by atoms with E-state index in [0.717, 1.165) is 17.1 Å². The van der Waals surface area contributed by atoms with Crippen molar-refractivity contribution in [3.05, 3.63) is 140 Å². The van der Waals surface area contributed by atoms with Crippen molar-refractivity contribution >= 4 is 49.4 Å². The van der Waals surface area contributed by atoms with Crippen LogP contribution >= 0.6 is 0 Å². The average molecular weight is 446 g/mol. The van der Waals surface area contributed by atoms with Gasteiger partial charge in [-0.1, -0.05) is 103 Å². The maximum atomic E-state index is 2.30. The van der Waals surface area contributed by atoms with Crippen LogP contribution in [0.1, 0.15) is 0 Å². The lowest BCUT2D eigenvalue weighted by Crippen LogP contribution is -2.09. The van der Waals surface area contributed by atoms with Gasteiger partial charge in [-0.15, -0.1) is 0 Å². The van der Waals surface area contributed by atoms with E-state index in [1.165, 1.54) is 43.4 Å². The Hall–Kier alpha value is -4.62. The lowest BCUT2D eigenvalue weighted by molar-refractivity contribution is 1.28. The molecule has 0 aromatic heterocycles. The third kappa shape index (κ3) is 3.25. The molecule has 0 atom stereocenters. The van der Waals surface area contributed by atoms with Crippen LogP contribution in [0.5, 0.6) is 0 Å². The van der Waals surface area contributed by atoms with Crippen molar-refractivity contribution < 1.29 is 0 Å². The van der Waals surface area contributed by atoms with Gasteiger partial charge in [0.1, 0.15) is 0 Å². The average Bonchev–Trinajstić information content (AvgIpc) is 2.93. The number of para-hydroxylation sites is 2. The molecule has 1 nitrogen and oxygen atoms in total. The van der Waals surface area contributed by atoms with E-state index in [4.69, 9.17) is 0 Å². The van der Waals surface area contributed by atoms with Crippen LogP contribution in [0.4, 0.5) is 17.1 Å². The first kappa shape index (κ1) is 19.8. The fraction of sp³-hybridized carbons (Fsp3) is 0. The van der Waals surface area contributed by atoms with Gasteiger partial charge in [-0.3, -0.25) is 0 Å². The molecule has 0 aliphatic heterocycles. The molecule has 7 aromatic rings. The fourth-order valence-corrected chi connectivity index (χ4v) is 5.38. The van der Waals surface area contributed by atoms with E-state index in [1.807, 2.05) is 0 Å². The summed E-state index contributed by atoms with van der Waals surface area (Å²) in [6.07, 6.45) is 0. The van der Waals surface area contributed by atoms with Gasteiger partial charge in [0.25, 0.3) is 0 Å². The quantitative estimate of drug-likeness (QED) is 0.244. The molecule has 1 heteroatoms. The Morgan fingerprint density at radius 2 is 0.857 bits per heavy atom. The Morgan fingerprint density at radius 3 is 1.49 bits per heavy atom. The molecule has 164 valence electrons. The van der Waals surface area contributed by atoms with Crippen LogP contribution in [-0.4, -0.2) is 0 Å². The summed E-state index contributed by atoms with van der Waals surface area (Å²) in [7, 11) is 0. The second kappa shape index (κ2) is 8.00. The number of anilines is 3. The van der Waals surface area contributed by atoms with Crippen LogP contribution in [0.15, 0.2) is 140 Å². The predicted octanol–water partition coefficient (Wildman–Crippen LogP) is 9.72. The van der Waals surface area contributed by atoms with E-state index < -0.39 is 0 Å². The number of hydrogen-bond acceptors (Lipinski definition) is 1. The first-order chi connectivity index (χ1) is 17.4. The highest BCUT2D eigenvalue weighted by Gasteiger charge is 2.14. The molecule has 0 bridgehead atoms. The Kier molecular flexibility index (Phi) is 4.53. The monoisotopic (exact) mass is 445 g/mol. The minimum atomic E-state index is 1.14. The fourth-order valence-electron chi connectivity index (χ4n) is 5.38. The molecule has 0 heterocycles. The molecule has 0 aliphatic rings. The van der Waals surface area contributed by atoms with Crippen molar-refractivity contribution in [3.8, 4) is 11.1 Å². The van der Waals surface area contributed by atoms with E-state index in [0.29, 0.717) is 0 Å². The molecule has 0 spiro atoms. The summed E-state index contributed by atoms with van der Waals surface area (Å²) in [5.74, 6) is 0. The van der Waals surface area contributed by atoms with E-state index in [-0.39, 0.29) is 0 Å². The highest BCUT2D eigenvalue weighted by atomic mass is 15.1. The van der Waals surface area contributed by atoms with E-state index in [9.17, 15) is 0 Å². The second-order valence-corrected chi connectivity index (χ2v) is 9.02. The van der Waals surface area contributed by atoms with Gasteiger partial charge < -0.3 is 4.90 Å². The van der Waals surface area contributed by atoms with Crippen molar-refractivity contribution in [3.63, 3.8) is 0 Å². The van der Waals surface area contributed by atoms with Crippen LogP contribution < -0.4 is 4.90 Å². The predicted molar refractivity (Wildman–Crippen MR) is 150 cm³/mol. The molecule has 0 unspecified atom stereocenters. The zero-order chi connectivity index (χ0) is 23.2. The summed E-state index contributed by atoms with van der Waals surface area (Å²) >= 11 is 0. The Labute approximate surface area is 204 Å². The summed E-state index contributed by atoms with van der Waals surface area (Å²) in [6, 6.07) is 50.2. The van der Waals surface area contributed by atoms with E-state index in [2.05, 4.69) is 144 Å². The van der Waals surface area contributed by atoms with Gasteiger partial charge in [0.15, 0.2) is 0 Å². The Morgan fingerprint density at radius 1 is 0.343 bits per heavy atom. The summed E-state index contributed by atoms with van der Waals surface area (Å²) in [6.45, 7) is 0. The van der Waals surface area contributed by atoms with Crippen LogP contribution in [-0.2, 0) is 0 Å². The van der Waals surface area contributed by atoms with Gasteiger partial charge in [-0.2, -0.15) is 0 Å². The largest absolute Gasteiger partial charge is 0.311 e. The number of rotatable bonds is 4. The second-order valence-electron chi connectivity index (χ2n) is 9.02. The molecule has 0 saturated carbocycles. The van der Waals surface area contributed by atoms with Crippen molar-refractivity contribution in [2.45, 2.75) is 0 Å². The molecule has 35 heavy (non-hydrogen) atoms. The zero-order valence-corrected chi connectivity index (χ0v) is 19.2. The lowest BCUT2D eigenvalue weighted by atomic mass is 9.90. The van der Waals surface area contributed by atoms with Gasteiger partial charge in [0, 0.05) is 17.1 Å².